The van der Waals surface area contributed by atoms with Gasteiger partial charge in [-0.1, -0.05) is 18.6 Å². The molecule has 4 heteroatoms. The van der Waals surface area contributed by atoms with E-state index in [0.717, 1.165) is 12.8 Å². The van der Waals surface area contributed by atoms with Crippen molar-refractivity contribution in [3.8, 4) is 11.5 Å². The molecular weight excluding hydrogens is 232 g/mol. The number of hydrogen-bond acceptors (Lipinski definition) is 4. The number of ether oxygens (including phenoxy) is 2. The zero-order chi connectivity index (χ0) is 13.0. The molecule has 0 spiro atoms. The van der Waals surface area contributed by atoms with Crippen LogP contribution in [0.3, 0.4) is 0 Å². The Labute approximate surface area is 106 Å². The van der Waals surface area contributed by atoms with Crippen LogP contribution in [0.25, 0.3) is 0 Å². The largest absolute Gasteiger partial charge is 0.493 e. The van der Waals surface area contributed by atoms with Crippen molar-refractivity contribution >= 4 is 11.8 Å². The molecule has 0 heterocycles. The number of carbonyl (C=O) groups excluding carboxylic acids is 2. The molecule has 1 aromatic carbocycles. The Balaban J connectivity index is 2.08. The van der Waals surface area contributed by atoms with Crippen molar-refractivity contribution in [2.45, 2.75) is 25.7 Å². The number of esters is 1. The number of benzene rings is 1. The third-order valence-electron chi connectivity index (χ3n) is 3.12. The van der Waals surface area contributed by atoms with Gasteiger partial charge in [0.25, 0.3) is 0 Å². The number of Topliss-reactive ketones (excluding diaryl/α,β-unsaturated/α-hetero) is 1. The lowest BCUT2D eigenvalue weighted by Crippen LogP contribution is -2.30. The monoisotopic (exact) mass is 248 g/mol. The highest BCUT2D eigenvalue weighted by Crippen LogP contribution is 2.28. The summed E-state index contributed by atoms with van der Waals surface area (Å²) in [6.45, 7) is 0. The number of ketones is 1. The van der Waals surface area contributed by atoms with Crippen LogP contribution < -0.4 is 9.47 Å². The first-order chi connectivity index (χ1) is 8.72. The van der Waals surface area contributed by atoms with Gasteiger partial charge in [-0.15, -0.1) is 0 Å². The lowest BCUT2D eigenvalue weighted by molar-refractivity contribution is -0.145. The first kappa shape index (κ1) is 12.6. The molecule has 1 aliphatic carbocycles. The maximum Gasteiger partial charge on any atom is 0.321 e. The van der Waals surface area contributed by atoms with Crippen molar-refractivity contribution in [2.75, 3.05) is 7.11 Å². The van der Waals surface area contributed by atoms with E-state index < -0.39 is 11.9 Å². The highest BCUT2D eigenvalue weighted by Gasteiger charge is 2.30. The molecule has 4 nitrogen and oxygen atoms in total. The van der Waals surface area contributed by atoms with E-state index in [1.165, 1.54) is 7.11 Å². The van der Waals surface area contributed by atoms with Crippen molar-refractivity contribution < 1.29 is 19.1 Å². The first-order valence-electron chi connectivity index (χ1n) is 6.10. The number of rotatable bonds is 3. The smallest absolute Gasteiger partial charge is 0.321 e. The van der Waals surface area contributed by atoms with Gasteiger partial charge >= 0.3 is 5.97 Å². The standard InChI is InChI=1S/C14H16O4/c1-17-12-8-4-5-9-13(12)18-14(16)10-6-2-3-7-11(10)15/h4-5,8-10H,2-3,6-7H2,1H3. The summed E-state index contributed by atoms with van der Waals surface area (Å²) in [7, 11) is 1.51. The van der Waals surface area contributed by atoms with E-state index in [-0.39, 0.29) is 5.78 Å². The molecule has 2 rings (SSSR count). The van der Waals surface area contributed by atoms with Gasteiger partial charge in [0.1, 0.15) is 11.7 Å². The van der Waals surface area contributed by atoms with Gasteiger partial charge in [-0.05, 0) is 25.0 Å². The van der Waals surface area contributed by atoms with Crippen LogP contribution in [-0.4, -0.2) is 18.9 Å². The van der Waals surface area contributed by atoms with E-state index in [0.29, 0.717) is 24.3 Å². The topological polar surface area (TPSA) is 52.6 Å². The maximum absolute atomic E-state index is 11.9. The fourth-order valence-electron chi connectivity index (χ4n) is 2.11. The third-order valence-corrected chi connectivity index (χ3v) is 3.12. The molecule has 1 unspecified atom stereocenters. The predicted octanol–water partition coefficient (Wildman–Crippen LogP) is 2.36. The van der Waals surface area contributed by atoms with Crippen LogP contribution in [0, 0.1) is 5.92 Å². The summed E-state index contributed by atoms with van der Waals surface area (Å²) in [5, 5.41) is 0. The van der Waals surface area contributed by atoms with Gasteiger partial charge in [-0.2, -0.15) is 0 Å². The van der Waals surface area contributed by atoms with Crippen molar-refractivity contribution in [1.29, 1.82) is 0 Å². The minimum atomic E-state index is -0.608. The summed E-state index contributed by atoms with van der Waals surface area (Å²) >= 11 is 0. The lowest BCUT2D eigenvalue weighted by Gasteiger charge is -2.19. The van der Waals surface area contributed by atoms with Crippen molar-refractivity contribution in [2.24, 2.45) is 5.92 Å². The van der Waals surface area contributed by atoms with Crippen LogP contribution in [0.4, 0.5) is 0 Å². The molecule has 1 aromatic rings. The van der Waals surface area contributed by atoms with Crippen LogP contribution >= 0.6 is 0 Å². The Morgan fingerprint density at radius 1 is 1.22 bits per heavy atom. The minimum Gasteiger partial charge on any atom is -0.493 e. The SMILES string of the molecule is COc1ccccc1OC(=O)C1CCCCC1=O. The Kier molecular flexibility index (Phi) is 3.97. The molecule has 0 N–H and O–H groups in total. The summed E-state index contributed by atoms with van der Waals surface area (Å²) in [6, 6.07) is 6.92. The van der Waals surface area contributed by atoms with Gasteiger partial charge in [-0.3, -0.25) is 9.59 Å². The van der Waals surface area contributed by atoms with Crippen LogP contribution in [0.2, 0.25) is 0 Å². The second-order valence-electron chi connectivity index (χ2n) is 4.34. The molecule has 0 saturated heterocycles. The highest BCUT2D eigenvalue weighted by molar-refractivity contribution is 6.00. The molecule has 1 fully saturated rings. The van der Waals surface area contributed by atoms with Crippen molar-refractivity contribution in [1.82, 2.24) is 0 Å². The van der Waals surface area contributed by atoms with Crippen molar-refractivity contribution in [3.63, 3.8) is 0 Å². The van der Waals surface area contributed by atoms with E-state index in [4.69, 9.17) is 9.47 Å². The molecule has 0 bridgehead atoms. The molecule has 0 aliphatic heterocycles. The first-order valence-corrected chi connectivity index (χ1v) is 6.10. The molecular formula is C14H16O4. The average Bonchev–Trinajstić information content (AvgIpc) is 2.39. The molecule has 0 amide bonds. The van der Waals surface area contributed by atoms with Crippen molar-refractivity contribution in [3.05, 3.63) is 24.3 Å². The van der Waals surface area contributed by atoms with Gasteiger partial charge < -0.3 is 9.47 Å². The van der Waals surface area contributed by atoms with E-state index in [1.54, 1.807) is 24.3 Å². The molecule has 96 valence electrons. The normalized spacial score (nSPS) is 19.4. The predicted molar refractivity (Wildman–Crippen MR) is 65.6 cm³/mol. The van der Waals surface area contributed by atoms with Gasteiger partial charge in [0.05, 0.1) is 7.11 Å². The zero-order valence-corrected chi connectivity index (χ0v) is 10.3. The maximum atomic E-state index is 11.9. The minimum absolute atomic E-state index is 0.0128. The molecule has 1 aliphatic rings. The fourth-order valence-corrected chi connectivity index (χ4v) is 2.11. The van der Waals surface area contributed by atoms with Crippen LogP contribution in [0.5, 0.6) is 11.5 Å². The summed E-state index contributed by atoms with van der Waals surface area (Å²) in [5.74, 6) is -0.230. The molecule has 1 saturated carbocycles. The zero-order valence-electron chi connectivity index (χ0n) is 10.3. The molecule has 0 radical (unpaired) electrons. The Hall–Kier alpha value is -1.84. The quantitative estimate of drug-likeness (QED) is 0.468. The number of carbonyl (C=O) groups is 2. The van der Waals surface area contributed by atoms with Crippen LogP contribution in [0.1, 0.15) is 25.7 Å². The Morgan fingerprint density at radius 3 is 2.61 bits per heavy atom. The fraction of sp³-hybridized carbons (Fsp3) is 0.429. The van der Waals surface area contributed by atoms with Gasteiger partial charge in [0, 0.05) is 6.42 Å². The molecule has 1 atom stereocenters. The van der Waals surface area contributed by atoms with Crippen LogP contribution in [0.15, 0.2) is 24.3 Å². The highest BCUT2D eigenvalue weighted by atomic mass is 16.6. The van der Waals surface area contributed by atoms with Crippen LogP contribution in [-0.2, 0) is 9.59 Å². The lowest BCUT2D eigenvalue weighted by atomic mass is 9.88. The third kappa shape index (κ3) is 2.70. The Morgan fingerprint density at radius 2 is 1.94 bits per heavy atom. The second-order valence-corrected chi connectivity index (χ2v) is 4.34. The van der Waals surface area contributed by atoms with E-state index >= 15 is 0 Å². The van der Waals surface area contributed by atoms with E-state index in [1.807, 2.05) is 0 Å². The summed E-state index contributed by atoms with van der Waals surface area (Å²) in [4.78, 5) is 23.6. The number of para-hydroxylation sites is 2. The molecule has 18 heavy (non-hydrogen) atoms. The van der Waals surface area contributed by atoms with E-state index in [2.05, 4.69) is 0 Å². The summed E-state index contributed by atoms with van der Waals surface area (Å²) in [5.41, 5.74) is 0. The average molecular weight is 248 g/mol. The van der Waals surface area contributed by atoms with Gasteiger partial charge in [0.2, 0.25) is 0 Å². The number of methoxy groups -OCH3 is 1. The van der Waals surface area contributed by atoms with Gasteiger partial charge in [0.15, 0.2) is 11.5 Å². The Bertz CT molecular complexity index is 453. The summed E-state index contributed by atoms with van der Waals surface area (Å²) < 4.78 is 10.4. The number of hydrogen-bond donors (Lipinski definition) is 0. The molecule has 0 aromatic heterocycles. The second kappa shape index (κ2) is 5.67. The summed E-state index contributed by atoms with van der Waals surface area (Å²) in [6.07, 6.45) is 2.84. The van der Waals surface area contributed by atoms with Gasteiger partial charge in [-0.25, -0.2) is 0 Å². The van der Waals surface area contributed by atoms with E-state index in [9.17, 15) is 9.59 Å².